The number of rotatable bonds is 3. The molecular formula is C11H17N3O2. The van der Waals surface area contributed by atoms with Crippen LogP contribution in [0.1, 0.15) is 25.6 Å². The van der Waals surface area contributed by atoms with Gasteiger partial charge in [0, 0.05) is 12.2 Å². The summed E-state index contributed by atoms with van der Waals surface area (Å²) in [5, 5.41) is 2.68. The van der Waals surface area contributed by atoms with Crippen LogP contribution in [0.5, 0.6) is 0 Å². The van der Waals surface area contributed by atoms with Crippen molar-refractivity contribution >= 4 is 11.6 Å². The lowest BCUT2D eigenvalue weighted by molar-refractivity contribution is -0.123. The number of nitrogens with one attached hydrogen (secondary N) is 1. The number of anilines is 1. The molecule has 1 rings (SSSR count). The van der Waals surface area contributed by atoms with Crippen molar-refractivity contribution in [1.82, 2.24) is 9.88 Å². The molecule has 1 heterocycles. The van der Waals surface area contributed by atoms with Crippen LogP contribution in [0.25, 0.3) is 0 Å². The van der Waals surface area contributed by atoms with Gasteiger partial charge in [-0.3, -0.25) is 14.2 Å². The molecule has 0 aliphatic heterocycles. The monoisotopic (exact) mass is 223 g/mol. The van der Waals surface area contributed by atoms with Crippen LogP contribution in [0.4, 0.5) is 5.69 Å². The van der Waals surface area contributed by atoms with E-state index in [0.717, 1.165) is 5.69 Å². The third-order valence-electron chi connectivity index (χ3n) is 2.47. The van der Waals surface area contributed by atoms with E-state index < -0.39 is 6.04 Å². The van der Waals surface area contributed by atoms with Crippen LogP contribution in [0.2, 0.25) is 0 Å². The minimum Gasteiger partial charge on any atom is -0.394 e. The number of pyridine rings is 1. The number of aromatic nitrogens is 1. The first-order valence-electron chi connectivity index (χ1n) is 5.24. The zero-order valence-corrected chi connectivity index (χ0v) is 9.78. The van der Waals surface area contributed by atoms with Crippen LogP contribution in [-0.2, 0) is 4.79 Å². The van der Waals surface area contributed by atoms with Gasteiger partial charge in [0.2, 0.25) is 5.91 Å². The quantitative estimate of drug-likeness (QED) is 0.780. The maximum absolute atomic E-state index is 11.8. The zero-order chi connectivity index (χ0) is 12.3. The Balaban J connectivity index is 3.18. The second-order valence-electron chi connectivity index (χ2n) is 3.68. The molecule has 0 aliphatic rings. The molecule has 88 valence electrons. The fourth-order valence-electron chi connectivity index (χ4n) is 1.58. The molecule has 0 radical (unpaired) electrons. The molecule has 0 aliphatic carbocycles. The Labute approximate surface area is 94.3 Å². The fraction of sp³-hybridized carbons (Fsp3) is 0.455. The van der Waals surface area contributed by atoms with Crippen molar-refractivity contribution in [1.29, 1.82) is 0 Å². The largest absolute Gasteiger partial charge is 0.394 e. The maximum atomic E-state index is 11.8. The zero-order valence-electron chi connectivity index (χ0n) is 9.78. The lowest BCUT2D eigenvalue weighted by Crippen LogP contribution is -2.37. The van der Waals surface area contributed by atoms with Gasteiger partial charge in [-0.15, -0.1) is 0 Å². The first-order valence-corrected chi connectivity index (χ1v) is 5.24. The molecule has 0 saturated heterocycles. The molecular weight excluding hydrogens is 206 g/mol. The van der Waals surface area contributed by atoms with Crippen molar-refractivity contribution in [3.63, 3.8) is 0 Å². The van der Waals surface area contributed by atoms with Crippen molar-refractivity contribution in [2.75, 3.05) is 12.3 Å². The van der Waals surface area contributed by atoms with Crippen LogP contribution in [0, 0.1) is 6.92 Å². The number of aryl methyl sites for hydroxylation is 1. The molecule has 5 heteroatoms. The summed E-state index contributed by atoms with van der Waals surface area (Å²) >= 11 is 0. The first-order chi connectivity index (χ1) is 7.49. The number of hydrogen-bond donors (Lipinski definition) is 2. The molecule has 1 amide bonds. The standard InChI is InChI=1S/C11H17N3O2/c1-4-13-10(15)8(3)14-7(2)5-6-9(12)11(14)16/h5-6,8H,4,12H2,1-3H3,(H,13,15)/t8-/m1/s1. The van der Waals surface area contributed by atoms with E-state index in [2.05, 4.69) is 5.32 Å². The van der Waals surface area contributed by atoms with Gasteiger partial charge in [-0.1, -0.05) is 0 Å². The highest BCUT2D eigenvalue weighted by Gasteiger charge is 2.17. The molecule has 0 fully saturated rings. The van der Waals surface area contributed by atoms with Crippen molar-refractivity contribution in [2.45, 2.75) is 26.8 Å². The van der Waals surface area contributed by atoms with Crippen molar-refractivity contribution in [2.24, 2.45) is 0 Å². The summed E-state index contributed by atoms with van der Waals surface area (Å²) in [6.07, 6.45) is 0. The van der Waals surface area contributed by atoms with E-state index in [1.807, 2.05) is 6.92 Å². The minimum atomic E-state index is -0.545. The summed E-state index contributed by atoms with van der Waals surface area (Å²) in [5.74, 6) is -0.182. The fourth-order valence-corrected chi connectivity index (χ4v) is 1.58. The molecule has 3 N–H and O–H groups in total. The molecule has 0 unspecified atom stereocenters. The normalized spacial score (nSPS) is 12.2. The minimum absolute atomic E-state index is 0.154. The highest BCUT2D eigenvalue weighted by atomic mass is 16.2. The van der Waals surface area contributed by atoms with Crippen LogP contribution in [0.15, 0.2) is 16.9 Å². The summed E-state index contributed by atoms with van der Waals surface area (Å²) in [6, 6.07) is 2.74. The number of nitrogens with two attached hydrogens (primary N) is 1. The van der Waals surface area contributed by atoms with Gasteiger partial charge in [0.25, 0.3) is 5.56 Å². The lowest BCUT2D eigenvalue weighted by Gasteiger charge is -2.17. The van der Waals surface area contributed by atoms with Crippen molar-refractivity contribution in [3.8, 4) is 0 Å². The highest BCUT2D eigenvalue weighted by Crippen LogP contribution is 2.08. The van der Waals surface area contributed by atoms with E-state index in [4.69, 9.17) is 5.73 Å². The third-order valence-corrected chi connectivity index (χ3v) is 2.47. The average molecular weight is 223 g/mol. The number of nitrogens with zero attached hydrogens (tertiary/aromatic N) is 1. The number of amides is 1. The van der Waals surface area contributed by atoms with E-state index in [1.54, 1.807) is 26.0 Å². The Morgan fingerprint density at radius 2 is 2.19 bits per heavy atom. The smallest absolute Gasteiger partial charge is 0.274 e. The summed E-state index contributed by atoms with van der Waals surface area (Å²) in [7, 11) is 0. The van der Waals surface area contributed by atoms with Gasteiger partial charge in [-0.2, -0.15) is 0 Å². The highest BCUT2D eigenvalue weighted by molar-refractivity contribution is 5.80. The summed E-state index contributed by atoms with van der Waals surface area (Å²) in [5.41, 5.74) is 6.09. The van der Waals surface area contributed by atoms with Gasteiger partial charge < -0.3 is 11.1 Å². The van der Waals surface area contributed by atoms with E-state index in [0.29, 0.717) is 6.54 Å². The SMILES string of the molecule is CCNC(=O)[C@@H](C)n1c(C)ccc(N)c1=O. The van der Waals surface area contributed by atoms with Gasteiger partial charge >= 0.3 is 0 Å². The Hall–Kier alpha value is -1.78. The average Bonchev–Trinajstić information content (AvgIpc) is 2.24. The summed E-state index contributed by atoms with van der Waals surface area (Å²) < 4.78 is 1.40. The molecule has 16 heavy (non-hydrogen) atoms. The molecule has 0 spiro atoms. The Morgan fingerprint density at radius 3 is 2.75 bits per heavy atom. The molecule has 1 aromatic rings. The molecule has 5 nitrogen and oxygen atoms in total. The second-order valence-corrected chi connectivity index (χ2v) is 3.68. The van der Waals surface area contributed by atoms with Gasteiger partial charge in [0.05, 0.1) is 5.69 Å². The van der Waals surface area contributed by atoms with Gasteiger partial charge in [-0.25, -0.2) is 0 Å². The van der Waals surface area contributed by atoms with Crippen molar-refractivity contribution in [3.05, 3.63) is 28.2 Å². The van der Waals surface area contributed by atoms with Crippen LogP contribution >= 0.6 is 0 Å². The van der Waals surface area contributed by atoms with Crippen LogP contribution in [-0.4, -0.2) is 17.0 Å². The molecule has 0 saturated carbocycles. The lowest BCUT2D eigenvalue weighted by atomic mass is 10.2. The number of carbonyl (C=O) groups is 1. The predicted octanol–water partition coefficient (Wildman–Crippen LogP) is 0.436. The van der Waals surface area contributed by atoms with Crippen LogP contribution in [0.3, 0.4) is 0 Å². The molecule has 0 bridgehead atoms. The molecule has 1 atom stereocenters. The topological polar surface area (TPSA) is 77.1 Å². The van der Waals surface area contributed by atoms with Gasteiger partial charge in [-0.05, 0) is 32.9 Å². The predicted molar refractivity (Wildman–Crippen MR) is 63.2 cm³/mol. The Morgan fingerprint density at radius 1 is 1.56 bits per heavy atom. The summed E-state index contributed by atoms with van der Waals surface area (Å²) in [4.78, 5) is 23.4. The number of likely N-dealkylation sites (N-methyl/N-ethyl adjacent to an activating group) is 1. The molecule has 1 aromatic heterocycles. The first kappa shape index (κ1) is 12.3. The number of hydrogen-bond acceptors (Lipinski definition) is 3. The van der Waals surface area contributed by atoms with Crippen molar-refractivity contribution < 1.29 is 4.79 Å². The number of carbonyl (C=O) groups excluding carboxylic acids is 1. The van der Waals surface area contributed by atoms with Gasteiger partial charge in [0.15, 0.2) is 0 Å². The second kappa shape index (κ2) is 4.83. The van der Waals surface area contributed by atoms with Crippen LogP contribution < -0.4 is 16.6 Å². The third kappa shape index (κ3) is 2.24. The Kier molecular flexibility index (Phi) is 3.71. The molecule has 0 aromatic carbocycles. The van der Waals surface area contributed by atoms with E-state index in [9.17, 15) is 9.59 Å². The van der Waals surface area contributed by atoms with E-state index >= 15 is 0 Å². The summed E-state index contributed by atoms with van der Waals surface area (Å²) in [6.45, 7) is 5.83. The van der Waals surface area contributed by atoms with Gasteiger partial charge in [0.1, 0.15) is 6.04 Å². The maximum Gasteiger partial charge on any atom is 0.274 e. The number of nitrogen functional groups attached to an aromatic ring is 1. The van der Waals surface area contributed by atoms with E-state index in [1.165, 1.54) is 4.57 Å². The Bertz CT molecular complexity index is 451. The van der Waals surface area contributed by atoms with E-state index in [-0.39, 0.29) is 17.2 Å².